The number of rotatable bonds is 14. The summed E-state index contributed by atoms with van der Waals surface area (Å²) in [6.07, 6.45) is 1.11. The Morgan fingerprint density at radius 3 is 1.30 bits per heavy atom. The Hall–Kier alpha value is -4.59. The molecule has 0 N–H and O–H groups in total. The number of hydrogen-bond acceptors (Lipinski definition) is 7. The number of benzene rings is 4. The van der Waals surface area contributed by atoms with Gasteiger partial charge in [-0.25, -0.2) is 9.97 Å². The molecule has 0 bridgehead atoms. The first kappa shape index (κ1) is 31.4. The zero-order valence-electron chi connectivity index (χ0n) is 26.0. The lowest BCUT2D eigenvalue weighted by Gasteiger charge is -2.21. The minimum absolute atomic E-state index is 0.137. The van der Waals surface area contributed by atoms with Crippen LogP contribution in [0.1, 0.15) is 55.5 Å². The van der Waals surface area contributed by atoms with E-state index in [9.17, 15) is 4.79 Å². The molecule has 6 aromatic rings. The summed E-state index contributed by atoms with van der Waals surface area (Å²) in [6, 6.07) is 36.4. The van der Waals surface area contributed by atoms with E-state index in [1.54, 1.807) is 22.7 Å². The molecule has 0 aliphatic carbocycles. The number of ether oxygens (including phenoxy) is 2. The van der Waals surface area contributed by atoms with Crippen LogP contribution in [0.15, 0.2) is 120 Å². The van der Waals surface area contributed by atoms with Gasteiger partial charge in [-0.15, -0.1) is 22.7 Å². The van der Waals surface area contributed by atoms with Crippen molar-refractivity contribution in [1.29, 1.82) is 0 Å². The zero-order chi connectivity index (χ0) is 31.7. The fraction of sp³-hybridized carbons (Fsp3) is 0.205. The number of aryl methyl sites for hydroxylation is 2. The third kappa shape index (κ3) is 8.36. The molecule has 0 amide bonds. The Labute approximate surface area is 278 Å². The van der Waals surface area contributed by atoms with Crippen molar-refractivity contribution in [3.05, 3.63) is 164 Å². The fourth-order valence-electron chi connectivity index (χ4n) is 5.32. The second-order valence-electron chi connectivity index (χ2n) is 11.4. The number of nitrogens with zero attached hydrogens (tertiary/aromatic N) is 2. The monoisotopic (exact) mass is 644 g/mol. The van der Waals surface area contributed by atoms with Crippen LogP contribution in [0.4, 0.5) is 0 Å². The summed E-state index contributed by atoms with van der Waals surface area (Å²) in [5.41, 5.74) is 6.22. The first-order valence-corrected chi connectivity index (χ1v) is 17.1. The Kier molecular flexibility index (Phi) is 10.3. The number of thiazole rings is 2. The van der Waals surface area contributed by atoms with Gasteiger partial charge in [0, 0.05) is 22.1 Å². The number of ketones is 1. The summed E-state index contributed by atoms with van der Waals surface area (Å²) in [7, 11) is 0. The average molecular weight is 645 g/mol. The van der Waals surface area contributed by atoms with Crippen LogP contribution in [0.3, 0.4) is 0 Å². The molecule has 2 aromatic heterocycles. The molecular formula is C39H36N2O3S2. The quantitative estimate of drug-likeness (QED) is 0.118. The molecule has 7 heteroatoms. The van der Waals surface area contributed by atoms with Crippen LogP contribution in [0.25, 0.3) is 0 Å². The van der Waals surface area contributed by atoms with Crippen LogP contribution in [0, 0.1) is 13.8 Å². The van der Waals surface area contributed by atoms with Crippen molar-refractivity contribution in [1.82, 2.24) is 9.97 Å². The molecule has 2 unspecified atom stereocenters. The molecule has 0 aliphatic heterocycles. The van der Waals surface area contributed by atoms with E-state index in [0.717, 1.165) is 55.2 Å². The van der Waals surface area contributed by atoms with E-state index >= 15 is 0 Å². The molecule has 0 spiro atoms. The van der Waals surface area contributed by atoms with E-state index < -0.39 is 11.8 Å². The zero-order valence-corrected chi connectivity index (χ0v) is 27.6. The second-order valence-corrected chi connectivity index (χ2v) is 13.2. The van der Waals surface area contributed by atoms with Gasteiger partial charge in [-0.05, 0) is 73.2 Å². The van der Waals surface area contributed by atoms with Crippen molar-refractivity contribution in [2.75, 3.05) is 0 Å². The summed E-state index contributed by atoms with van der Waals surface area (Å²) in [5, 5.41) is 5.73. The fourth-order valence-corrected chi connectivity index (χ4v) is 7.13. The van der Waals surface area contributed by atoms with Gasteiger partial charge >= 0.3 is 0 Å². The van der Waals surface area contributed by atoms with Gasteiger partial charge in [0.1, 0.15) is 34.7 Å². The lowest BCUT2D eigenvalue weighted by atomic mass is 9.85. The van der Waals surface area contributed by atoms with E-state index in [1.165, 1.54) is 0 Å². The Balaban J connectivity index is 1.20. The number of carbonyl (C=O) groups is 1. The molecule has 46 heavy (non-hydrogen) atoms. The molecule has 0 aliphatic rings. The Bertz CT molecular complexity index is 1700. The van der Waals surface area contributed by atoms with Gasteiger partial charge in [0.15, 0.2) is 5.78 Å². The van der Waals surface area contributed by atoms with Crippen LogP contribution in [0.5, 0.6) is 11.5 Å². The molecule has 5 nitrogen and oxygen atoms in total. The normalized spacial score (nSPS) is 12.4. The highest BCUT2D eigenvalue weighted by Crippen LogP contribution is 2.35. The first-order chi connectivity index (χ1) is 22.5. The topological polar surface area (TPSA) is 61.3 Å². The number of aromatic nitrogens is 2. The maximum absolute atomic E-state index is 14.6. The van der Waals surface area contributed by atoms with Crippen LogP contribution in [0.2, 0.25) is 0 Å². The molecular weight excluding hydrogens is 609 g/mol. The SMILES string of the molecule is Cc1csc(C(Cc2ccc(OCc3ccccc3)cc2)C(=O)C(Cc2ccc(OCc3ccccc3)cc2)c2nc(C)cs2)n1. The summed E-state index contributed by atoms with van der Waals surface area (Å²) < 4.78 is 12.0. The highest BCUT2D eigenvalue weighted by atomic mass is 32.1. The van der Waals surface area contributed by atoms with E-state index in [2.05, 4.69) is 48.5 Å². The average Bonchev–Trinajstić information content (AvgIpc) is 3.73. The highest BCUT2D eigenvalue weighted by Gasteiger charge is 2.33. The third-order valence-corrected chi connectivity index (χ3v) is 9.93. The van der Waals surface area contributed by atoms with Crippen molar-refractivity contribution in [2.24, 2.45) is 0 Å². The van der Waals surface area contributed by atoms with Crippen LogP contribution < -0.4 is 9.47 Å². The minimum atomic E-state index is -0.391. The van der Waals surface area contributed by atoms with E-state index in [-0.39, 0.29) is 5.78 Å². The van der Waals surface area contributed by atoms with Crippen LogP contribution in [-0.4, -0.2) is 15.8 Å². The molecule has 0 radical (unpaired) electrons. The van der Waals surface area contributed by atoms with E-state index in [1.807, 2.05) is 85.3 Å². The smallest absolute Gasteiger partial charge is 0.153 e. The molecule has 4 aromatic carbocycles. The second kappa shape index (κ2) is 15.1. The highest BCUT2D eigenvalue weighted by molar-refractivity contribution is 7.10. The van der Waals surface area contributed by atoms with Crippen molar-refractivity contribution < 1.29 is 14.3 Å². The maximum atomic E-state index is 14.6. The lowest BCUT2D eigenvalue weighted by molar-refractivity contribution is -0.122. The maximum Gasteiger partial charge on any atom is 0.153 e. The predicted molar refractivity (Wildman–Crippen MR) is 186 cm³/mol. The molecule has 232 valence electrons. The predicted octanol–water partition coefficient (Wildman–Crippen LogP) is 9.30. The van der Waals surface area contributed by atoms with Gasteiger partial charge in [-0.2, -0.15) is 0 Å². The van der Waals surface area contributed by atoms with Gasteiger partial charge in [-0.1, -0.05) is 84.9 Å². The Morgan fingerprint density at radius 2 is 0.957 bits per heavy atom. The molecule has 0 saturated carbocycles. The van der Waals surface area contributed by atoms with Gasteiger partial charge in [0.05, 0.1) is 11.8 Å². The van der Waals surface area contributed by atoms with Crippen molar-refractivity contribution in [3.63, 3.8) is 0 Å². The lowest BCUT2D eigenvalue weighted by Crippen LogP contribution is -2.24. The Morgan fingerprint density at radius 1 is 0.565 bits per heavy atom. The number of Topliss-reactive ketones (excluding diaryl/α,β-unsaturated/α-hetero) is 1. The third-order valence-electron chi connectivity index (χ3n) is 7.78. The molecule has 2 atom stereocenters. The van der Waals surface area contributed by atoms with Gasteiger partial charge < -0.3 is 9.47 Å². The molecule has 2 heterocycles. The summed E-state index contributed by atoms with van der Waals surface area (Å²) in [6.45, 7) is 4.97. The van der Waals surface area contributed by atoms with Crippen molar-refractivity contribution in [2.45, 2.75) is 51.7 Å². The summed E-state index contributed by atoms with van der Waals surface area (Å²) in [4.78, 5) is 24.2. The molecule has 0 fully saturated rings. The van der Waals surface area contributed by atoms with Crippen molar-refractivity contribution in [3.8, 4) is 11.5 Å². The van der Waals surface area contributed by atoms with Gasteiger partial charge in [-0.3, -0.25) is 4.79 Å². The summed E-state index contributed by atoms with van der Waals surface area (Å²) >= 11 is 3.11. The van der Waals surface area contributed by atoms with E-state index in [4.69, 9.17) is 19.4 Å². The minimum Gasteiger partial charge on any atom is -0.489 e. The molecule has 6 rings (SSSR count). The molecule has 0 saturated heterocycles. The largest absolute Gasteiger partial charge is 0.489 e. The first-order valence-electron chi connectivity index (χ1n) is 15.4. The van der Waals surface area contributed by atoms with Gasteiger partial charge in [0.2, 0.25) is 0 Å². The number of carbonyl (C=O) groups excluding carboxylic acids is 1. The van der Waals surface area contributed by atoms with E-state index in [0.29, 0.717) is 26.1 Å². The summed E-state index contributed by atoms with van der Waals surface area (Å²) in [5.74, 6) is 0.952. The van der Waals surface area contributed by atoms with Crippen LogP contribution >= 0.6 is 22.7 Å². The van der Waals surface area contributed by atoms with Crippen molar-refractivity contribution >= 4 is 28.5 Å². The number of hydrogen-bond donors (Lipinski definition) is 0. The van der Waals surface area contributed by atoms with Crippen LogP contribution in [-0.2, 0) is 30.8 Å². The van der Waals surface area contributed by atoms with Gasteiger partial charge in [0.25, 0.3) is 0 Å². The standard InChI is InChI=1S/C39H36N2O3S2/c1-27-25-45-38(40-27)35(21-29-13-17-33(18-14-29)43-23-31-9-5-3-6-10-31)37(42)36(39-41-28(2)26-46-39)22-30-15-19-34(20-16-30)44-24-32-11-7-4-8-12-32/h3-20,25-26,35-36H,21-24H2,1-2H3.